The Morgan fingerprint density at radius 3 is 0.972 bits per heavy atom. The molecule has 0 atom stereocenters. The van der Waals surface area contributed by atoms with Crippen LogP contribution in [0.25, 0.3) is 148 Å². The molecular weight excluding hydrogens is 1310 g/mol. The molecule has 3 N–H and O–H groups in total. The van der Waals surface area contributed by atoms with Crippen LogP contribution in [0.3, 0.4) is 0 Å². The Kier molecular flexibility index (Phi) is 16.9. The van der Waals surface area contributed by atoms with Gasteiger partial charge in [-0.25, -0.2) is 0 Å². The molecule has 0 radical (unpaired) electrons. The first-order valence-electron chi connectivity index (χ1n) is 36.9. The van der Waals surface area contributed by atoms with Crippen LogP contribution in [-0.4, -0.2) is 13.7 Å². The summed E-state index contributed by atoms with van der Waals surface area (Å²) in [4.78, 5) is 0. The number of para-hydroxylation sites is 4. The maximum atomic E-state index is 3.67. The minimum atomic E-state index is 1.06. The van der Waals surface area contributed by atoms with Gasteiger partial charge in [-0.05, 0) is 183 Å². The predicted octanol–water partition coefficient (Wildman–Crippen LogP) is 28.0. The largest absolute Gasteiger partial charge is 0.356 e. The summed E-state index contributed by atoms with van der Waals surface area (Å²) in [5.74, 6) is 0. The monoisotopic (exact) mass is 1380 g/mol. The second kappa shape index (κ2) is 28.3. The van der Waals surface area contributed by atoms with Gasteiger partial charge in [0, 0.05) is 88.3 Å². The molecule has 0 bridgehead atoms. The Labute approximate surface area is 626 Å². The van der Waals surface area contributed by atoms with Crippen LogP contribution in [0, 0.1) is 0 Å². The van der Waals surface area contributed by atoms with E-state index in [4.69, 9.17) is 0 Å². The van der Waals surface area contributed by atoms with E-state index in [1.165, 1.54) is 142 Å². The second-order valence-electron chi connectivity index (χ2n) is 27.5. The Hall–Kier alpha value is -14.5. The van der Waals surface area contributed by atoms with Gasteiger partial charge in [-0.15, -0.1) is 0 Å². The molecule has 21 aromatic rings. The van der Waals surface area contributed by atoms with Crippen molar-refractivity contribution in [1.82, 2.24) is 13.7 Å². The molecule has 0 amide bonds. The fraction of sp³-hybridized carbons (Fsp3) is 0. The molecule has 0 saturated carbocycles. The molecule has 0 unspecified atom stereocenters. The first kappa shape index (κ1) is 64.4. The van der Waals surface area contributed by atoms with Gasteiger partial charge in [0.2, 0.25) is 0 Å². The zero-order chi connectivity index (χ0) is 71.7. The molecule has 0 saturated heterocycles. The minimum absolute atomic E-state index is 1.06. The Bertz CT molecular complexity index is 6840. The minimum Gasteiger partial charge on any atom is -0.356 e. The van der Waals surface area contributed by atoms with E-state index < -0.39 is 0 Å². The van der Waals surface area contributed by atoms with E-state index in [0.29, 0.717) is 0 Å². The molecule has 0 spiro atoms. The van der Waals surface area contributed by atoms with Crippen molar-refractivity contribution in [3.05, 3.63) is 419 Å². The molecule has 0 aliphatic heterocycles. The summed E-state index contributed by atoms with van der Waals surface area (Å²) >= 11 is 0. The summed E-state index contributed by atoms with van der Waals surface area (Å²) in [6.07, 6.45) is 0. The molecular formula is C102H72N6. The molecule has 0 aliphatic rings. The molecule has 510 valence electrons. The van der Waals surface area contributed by atoms with Crippen LogP contribution in [0.5, 0.6) is 0 Å². The third-order valence-electron chi connectivity index (χ3n) is 20.9. The highest BCUT2D eigenvalue weighted by Crippen LogP contribution is 2.42. The summed E-state index contributed by atoms with van der Waals surface area (Å²) in [5, 5.41) is 25.8. The average molecular weight is 1380 g/mol. The number of benzene rings is 18. The SMILES string of the molecule is c1ccc(-c2ccc(Nc3ccc4c(c3)c3cc(-c5ccc(-c6ccccc6)cc5)ccc3n4-c3ccccc3)cc2)cc1.c1ccc(Nc2ccc3c(c2)c2ccccc2n3-c2cccc3ccccc23)cc1.c1ccc2c(Nc3ccc4c(c3)c3ccccc3n4-c3cccc4ccccc34)cccc2c1. The maximum absolute atomic E-state index is 3.67. The van der Waals surface area contributed by atoms with Crippen LogP contribution < -0.4 is 16.0 Å². The summed E-state index contributed by atoms with van der Waals surface area (Å²) in [5.41, 5.74) is 24.7. The van der Waals surface area contributed by atoms with Crippen molar-refractivity contribution < 1.29 is 0 Å². The topological polar surface area (TPSA) is 50.9 Å². The normalized spacial score (nSPS) is 11.3. The molecule has 0 fully saturated rings. The summed E-state index contributed by atoms with van der Waals surface area (Å²) in [6, 6.07) is 149. The standard InChI is InChI=1S/C42H30N2.C32H22N2.C28H20N2/c1-4-10-30(11-5-1)32-16-18-34(19-17-32)35-22-26-41-39(28-35)40-29-37(25-27-42(40)44(41)38-14-8-3-9-15-38)43-36-23-20-33(21-24-36)31-12-6-2-7-13-31;1-3-13-25-22(9-1)11-7-16-29(25)33-24-19-20-32-28(21-24)27-15-5-6-17-31(27)34(32)30-18-8-12-23-10-2-4-14-26(23)30;1-2-11-21(12-3-1)29-22-17-18-28-25(19-22)24-14-6-7-15-27(24)30(28)26-16-8-10-20-9-4-5-13-23(20)26/h1-29,43H;1-21,33H;1-19,29H. The van der Waals surface area contributed by atoms with Gasteiger partial charge in [0.05, 0.1) is 44.5 Å². The molecule has 108 heavy (non-hydrogen) atoms. The highest BCUT2D eigenvalue weighted by molar-refractivity contribution is 6.15. The highest BCUT2D eigenvalue weighted by Gasteiger charge is 2.19. The van der Waals surface area contributed by atoms with E-state index in [1.807, 2.05) is 18.2 Å². The third kappa shape index (κ3) is 12.3. The van der Waals surface area contributed by atoms with E-state index in [2.05, 4.69) is 430 Å². The van der Waals surface area contributed by atoms with Crippen LogP contribution >= 0.6 is 0 Å². The number of aromatic nitrogens is 3. The van der Waals surface area contributed by atoms with Crippen LogP contribution in [0.1, 0.15) is 0 Å². The maximum Gasteiger partial charge on any atom is 0.0542 e. The zero-order valence-electron chi connectivity index (χ0n) is 59.2. The van der Waals surface area contributed by atoms with Crippen molar-refractivity contribution >= 4 is 132 Å². The average Bonchev–Trinajstić information content (AvgIpc) is 1.60. The van der Waals surface area contributed by atoms with E-state index >= 15 is 0 Å². The Balaban J connectivity index is 0.000000113. The van der Waals surface area contributed by atoms with Crippen LogP contribution in [0.2, 0.25) is 0 Å². The van der Waals surface area contributed by atoms with Crippen molar-refractivity contribution in [3.8, 4) is 50.4 Å². The van der Waals surface area contributed by atoms with Crippen LogP contribution in [-0.2, 0) is 0 Å². The second-order valence-corrected chi connectivity index (χ2v) is 27.5. The van der Waals surface area contributed by atoms with E-state index in [1.54, 1.807) is 0 Å². The van der Waals surface area contributed by atoms with Crippen molar-refractivity contribution in [1.29, 1.82) is 0 Å². The molecule has 3 aromatic heterocycles. The van der Waals surface area contributed by atoms with Crippen molar-refractivity contribution in [2.75, 3.05) is 16.0 Å². The number of fused-ring (bicyclic) bond motifs is 12. The number of nitrogens with zero attached hydrogens (tertiary/aromatic N) is 3. The first-order valence-corrected chi connectivity index (χ1v) is 36.9. The number of hydrogen-bond acceptors (Lipinski definition) is 3. The van der Waals surface area contributed by atoms with Gasteiger partial charge in [-0.3, -0.25) is 0 Å². The lowest BCUT2D eigenvalue weighted by atomic mass is 9.99. The van der Waals surface area contributed by atoms with Gasteiger partial charge < -0.3 is 29.7 Å². The van der Waals surface area contributed by atoms with Gasteiger partial charge in [0.15, 0.2) is 0 Å². The summed E-state index contributed by atoms with van der Waals surface area (Å²) in [7, 11) is 0. The number of nitrogens with one attached hydrogen (secondary N) is 3. The lowest BCUT2D eigenvalue weighted by Crippen LogP contribution is -1.95. The number of anilines is 6. The van der Waals surface area contributed by atoms with Gasteiger partial charge in [-0.2, -0.15) is 0 Å². The number of rotatable bonds is 12. The molecule has 0 aliphatic carbocycles. The van der Waals surface area contributed by atoms with Crippen molar-refractivity contribution in [2.45, 2.75) is 0 Å². The van der Waals surface area contributed by atoms with Crippen molar-refractivity contribution in [2.24, 2.45) is 0 Å². The zero-order valence-corrected chi connectivity index (χ0v) is 59.2. The fourth-order valence-electron chi connectivity index (χ4n) is 15.8. The summed E-state index contributed by atoms with van der Waals surface area (Å²) < 4.78 is 7.15. The van der Waals surface area contributed by atoms with Gasteiger partial charge >= 0.3 is 0 Å². The fourth-order valence-corrected chi connectivity index (χ4v) is 15.8. The molecule has 6 heteroatoms. The molecule has 18 aromatic carbocycles. The van der Waals surface area contributed by atoms with E-state index in [0.717, 1.165) is 39.8 Å². The Morgan fingerprint density at radius 1 is 0.157 bits per heavy atom. The predicted molar refractivity (Wildman–Crippen MR) is 460 cm³/mol. The quantitative estimate of drug-likeness (QED) is 0.114. The lowest BCUT2D eigenvalue weighted by molar-refractivity contribution is 1.18. The molecule has 21 rings (SSSR count). The van der Waals surface area contributed by atoms with Gasteiger partial charge in [0.1, 0.15) is 0 Å². The molecule has 3 heterocycles. The van der Waals surface area contributed by atoms with Crippen molar-refractivity contribution in [3.63, 3.8) is 0 Å². The smallest absolute Gasteiger partial charge is 0.0542 e. The lowest BCUT2D eigenvalue weighted by Gasteiger charge is -2.12. The third-order valence-corrected chi connectivity index (χ3v) is 20.9. The highest BCUT2D eigenvalue weighted by atomic mass is 15.0. The van der Waals surface area contributed by atoms with E-state index in [9.17, 15) is 0 Å². The Morgan fingerprint density at radius 2 is 0.463 bits per heavy atom. The van der Waals surface area contributed by atoms with Crippen LogP contribution in [0.15, 0.2) is 419 Å². The molecule has 6 nitrogen and oxygen atoms in total. The van der Waals surface area contributed by atoms with Crippen LogP contribution in [0.4, 0.5) is 34.1 Å². The first-order chi connectivity index (χ1) is 53.5. The van der Waals surface area contributed by atoms with E-state index in [-0.39, 0.29) is 0 Å². The van der Waals surface area contributed by atoms with Gasteiger partial charge in [-0.1, -0.05) is 285 Å². The van der Waals surface area contributed by atoms with Gasteiger partial charge in [0.25, 0.3) is 0 Å². The number of hydrogen-bond donors (Lipinski definition) is 3. The summed E-state index contributed by atoms with van der Waals surface area (Å²) in [6.45, 7) is 0.